The van der Waals surface area contributed by atoms with Crippen molar-refractivity contribution in [2.45, 2.75) is 59.3 Å². The fourth-order valence-electron chi connectivity index (χ4n) is 5.34. The van der Waals surface area contributed by atoms with Gasteiger partial charge in [-0.15, -0.1) is 0 Å². The van der Waals surface area contributed by atoms with Gasteiger partial charge in [-0.2, -0.15) is 0 Å². The number of aliphatic hydroxyl groups excluding tert-OH is 2. The van der Waals surface area contributed by atoms with Crippen molar-refractivity contribution in [3.05, 3.63) is 23.3 Å². The van der Waals surface area contributed by atoms with Gasteiger partial charge in [-0.05, 0) is 68.8 Å². The van der Waals surface area contributed by atoms with Crippen molar-refractivity contribution in [1.82, 2.24) is 0 Å². The first-order chi connectivity index (χ1) is 11.3. The van der Waals surface area contributed by atoms with E-state index in [1.807, 2.05) is 6.92 Å². The topological polar surface area (TPSA) is 77.8 Å². The van der Waals surface area contributed by atoms with Crippen molar-refractivity contribution >= 4 is 5.97 Å². The molecule has 2 aliphatic rings. The van der Waals surface area contributed by atoms with Gasteiger partial charge in [0.05, 0.1) is 18.6 Å². The van der Waals surface area contributed by atoms with Crippen LogP contribution < -0.4 is 0 Å². The Morgan fingerprint density at radius 2 is 2.04 bits per heavy atom. The average Bonchev–Trinajstić information content (AvgIpc) is 2.52. The van der Waals surface area contributed by atoms with Crippen LogP contribution in [0.15, 0.2) is 23.3 Å². The van der Waals surface area contributed by atoms with Gasteiger partial charge in [0.2, 0.25) is 0 Å². The molecule has 0 aliphatic heterocycles. The molecule has 4 heteroatoms. The molecule has 136 valence electrons. The van der Waals surface area contributed by atoms with E-state index in [1.54, 1.807) is 6.08 Å². The highest BCUT2D eigenvalue weighted by Crippen LogP contribution is 2.60. The van der Waals surface area contributed by atoms with Crippen LogP contribution in [0.3, 0.4) is 0 Å². The van der Waals surface area contributed by atoms with Crippen LogP contribution >= 0.6 is 0 Å². The largest absolute Gasteiger partial charge is 0.481 e. The lowest BCUT2D eigenvalue weighted by atomic mass is 9.47. The van der Waals surface area contributed by atoms with Crippen LogP contribution in [0.1, 0.15) is 59.3 Å². The summed E-state index contributed by atoms with van der Waals surface area (Å²) in [5.74, 6) is -0.172. The molecule has 0 aromatic heterocycles. The highest BCUT2D eigenvalue weighted by molar-refractivity contribution is 5.75. The number of hydrogen-bond donors (Lipinski definition) is 3. The second kappa shape index (κ2) is 7.40. The maximum absolute atomic E-state index is 12.0. The highest BCUT2D eigenvalue weighted by Gasteiger charge is 2.56. The van der Waals surface area contributed by atoms with Crippen LogP contribution in [0.2, 0.25) is 0 Å². The zero-order valence-electron chi connectivity index (χ0n) is 15.2. The van der Waals surface area contributed by atoms with Crippen molar-refractivity contribution in [2.75, 3.05) is 13.2 Å². The number of hydrogen-bond acceptors (Lipinski definition) is 3. The Kier molecular flexibility index (Phi) is 5.92. The zero-order chi connectivity index (χ0) is 18.0. The number of rotatable bonds is 6. The smallest absolute Gasteiger partial charge is 0.309 e. The number of aliphatic hydroxyl groups is 2. The molecule has 4 nitrogen and oxygen atoms in total. The first-order valence-corrected chi connectivity index (χ1v) is 9.09. The number of fused-ring (bicyclic) bond motifs is 1. The second-order valence-corrected chi connectivity index (χ2v) is 8.11. The van der Waals surface area contributed by atoms with Gasteiger partial charge >= 0.3 is 5.97 Å². The number of allylic oxidation sites excluding steroid dienone is 2. The Hall–Kier alpha value is -1.13. The third kappa shape index (κ3) is 3.31. The molecule has 0 amide bonds. The molecule has 24 heavy (non-hydrogen) atoms. The monoisotopic (exact) mass is 336 g/mol. The molecule has 4 atom stereocenters. The normalized spacial score (nSPS) is 36.9. The van der Waals surface area contributed by atoms with Crippen molar-refractivity contribution in [3.8, 4) is 0 Å². The Morgan fingerprint density at radius 3 is 2.62 bits per heavy atom. The summed E-state index contributed by atoms with van der Waals surface area (Å²) in [6, 6.07) is 0. The van der Waals surface area contributed by atoms with Crippen LogP contribution in [-0.4, -0.2) is 34.5 Å². The Labute approximate surface area is 145 Å². The number of carboxylic acids is 1. The first kappa shape index (κ1) is 19.2. The average molecular weight is 336 g/mol. The van der Waals surface area contributed by atoms with Gasteiger partial charge in [0.25, 0.3) is 0 Å². The van der Waals surface area contributed by atoms with Gasteiger partial charge in [0.15, 0.2) is 0 Å². The third-order valence-corrected chi connectivity index (χ3v) is 6.82. The summed E-state index contributed by atoms with van der Waals surface area (Å²) < 4.78 is 0. The van der Waals surface area contributed by atoms with Crippen LogP contribution in [0.5, 0.6) is 0 Å². The molecule has 0 radical (unpaired) electrons. The molecule has 3 N–H and O–H groups in total. The standard InChI is InChI=1S/C20H32O4/c1-14-5-8-17-19(2,10-4-11-20(17,3)18(23)24)16(14)7-6-15(13-22)9-12-21/h5,9,16-17,21-22H,4,6-8,10-13H2,1-3H3,(H,23,24)/b15-9-/t16-,17+,19+,20+/m0/s1. The molecule has 0 saturated heterocycles. The summed E-state index contributed by atoms with van der Waals surface area (Å²) in [7, 11) is 0. The molecule has 1 saturated carbocycles. The number of carbonyl (C=O) groups is 1. The minimum atomic E-state index is -0.665. The predicted molar refractivity (Wildman–Crippen MR) is 94.5 cm³/mol. The van der Waals surface area contributed by atoms with Gasteiger partial charge in [-0.25, -0.2) is 0 Å². The molecular weight excluding hydrogens is 304 g/mol. The van der Waals surface area contributed by atoms with Crippen molar-refractivity contribution in [3.63, 3.8) is 0 Å². The van der Waals surface area contributed by atoms with Gasteiger partial charge in [-0.3, -0.25) is 4.79 Å². The second-order valence-electron chi connectivity index (χ2n) is 8.11. The maximum Gasteiger partial charge on any atom is 0.309 e. The molecule has 0 bridgehead atoms. The summed E-state index contributed by atoms with van der Waals surface area (Å²) in [6.07, 6.45) is 9.20. The lowest BCUT2D eigenvalue weighted by Crippen LogP contribution is -2.52. The minimum absolute atomic E-state index is 0.00992. The van der Waals surface area contributed by atoms with Crippen molar-refractivity contribution in [2.24, 2.45) is 22.7 Å². The summed E-state index contributed by atoms with van der Waals surface area (Å²) in [6.45, 7) is 6.28. The highest BCUT2D eigenvalue weighted by atomic mass is 16.4. The Balaban J connectivity index is 2.28. The zero-order valence-corrected chi connectivity index (χ0v) is 15.2. The molecule has 2 rings (SSSR count). The fourth-order valence-corrected chi connectivity index (χ4v) is 5.34. The van der Waals surface area contributed by atoms with Crippen LogP contribution in [-0.2, 0) is 4.79 Å². The molecule has 1 fully saturated rings. The lowest BCUT2D eigenvalue weighted by molar-refractivity contribution is -0.162. The fraction of sp³-hybridized carbons (Fsp3) is 0.750. The first-order valence-electron chi connectivity index (χ1n) is 9.09. The predicted octanol–water partition coefficient (Wildman–Crippen LogP) is 3.54. The van der Waals surface area contributed by atoms with E-state index in [0.29, 0.717) is 5.92 Å². The van der Waals surface area contributed by atoms with E-state index < -0.39 is 11.4 Å². The molecule has 0 aromatic rings. The summed E-state index contributed by atoms with van der Waals surface area (Å²) in [5.41, 5.74) is 1.56. The summed E-state index contributed by atoms with van der Waals surface area (Å²) in [5, 5.41) is 28.3. The summed E-state index contributed by atoms with van der Waals surface area (Å²) in [4.78, 5) is 12.0. The molecular formula is C20H32O4. The van der Waals surface area contributed by atoms with Crippen LogP contribution in [0, 0.1) is 22.7 Å². The molecule has 0 unspecified atom stereocenters. The van der Waals surface area contributed by atoms with Crippen LogP contribution in [0.4, 0.5) is 0 Å². The quantitative estimate of drug-likeness (QED) is 0.648. The van der Waals surface area contributed by atoms with Gasteiger partial charge in [-0.1, -0.05) is 31.1 Å². The minimum Gasteiger partial charge on any atom is -0.481 e. The lowest BCUT2D eigenvalue weighted by Gasteiger charge is -2.56. The van der Waals surface area contributed by atoms with E-state index in [1.165, 1.54) is 5.57 Å². The van der Waals surface area contributed by atoms with Gasteiger partial charge < -0.3 is 15.3 Å². The van der Waals surface area contributed by atoms with E-state index in [0.717, 1.165) is 44.1 Å². The Morgan fingerprint density at radius 1 is 1.33 bits per heavy atom. The molecule has 0 heterocycles. The maximum atomic E-state index is 12.0. The molecule has 0 aromatic carbocycles. The van der Waals surface area contributed by atoms with E-state index in [9.17, 15) is 15.0 Å². The van der Waals surface area contributed by atoms with E-state index in [4.69, 9.17) is 5.11 Å². The van der Waals surface area contributed by atoms with E-state index >= 15 is 0 Å². The van der Waals surface area contributed by atoms with Crippen molar-refractivity contribution in [1.29, 1.82) is 0 Å². The molecule has 0 spiro atoms. The van der Waals surface area contributed by atoms with E-state index in [2.05, 4.69) is 19.9 Å². The van der Waals surface area contributed by atoms with E-state index in [-0.39, 0.29) is 24.5 Å². The number of aliphatic carboxylic acids is 1. The SMILES string of the molecule is CC1=CC[C@@H]2[C@](C)(CCC[C@@]2(C)C(=O)O)[C@H]1CC/C(=C/CO)CO. The van der Waals surface area contributed by atoms with Crippen LogP contribution in [0.25, 0.3) is 0 Å². The van der Waals surface area contributed by atoms with Crippen molar-refractivity contribution < 1.29 is 20.1 Å². The number of carboxylic acid groups (broad SMARTS) is 1. The van der Waals surface area contributed by atoms with Gasteiger partial charge in [0, 0.05) is 0 Å². The third-order valence-electron chi connectivity index (χ3n) is 6.82. The Bertz CT molecular complexity index is 536. The van der Waals surface area contributed by atoms with Gasteiger partial charge in [0.1, 0.15) is 0 Å². The summed E-state index contributed by atoms with van der Waals surface area (Å²) >= 11 is 0. The molecule has 2 aliphatic carbocycles.